The number of hydrogen-bond donors (Lipinski definition) is 2. The molecule has 0 unspecified atom stereocenters. The van der Waals surface area contributed by atoms with Gasteiger partial charge in [-0.25, -0.2) is 13.1 Å². The molecule has 0 saturated carbocycles. The molecule has 19 heavy (non-hydrogen) atoms. The molecule has 0 radical (unpaired) electrons. The summed E-state index contributed by atoms with van der Waals surface area (Å²) in [4.78, 5) is 0.237. The maximum absolute atomic E-state index is 12.5. The van der Waals surface area contributed by atoms with Gasteiger partial charge in [-0.2, -0.15) is 0 Å². The van der Waals surface area contributed by atoms with Crippen LogP contribution in [0.15, 0.2) is 21.5 Å². The molecule has 3 N–H and O–H groups in total. The Morgan fingerprint density at radius 1 is 1.32 bits per heavy atom. The van der Waals surface area contributed by atoms with Crippen molar-refractivity contribution in [1.82, 2.24) is 4.72 Å². The van der Waals surface area contributed by atoms with Gasteiger partial charge >= 0.3 is 0 Å². The standard InChI is InChI=1S/C13H21BrN2O2S/c1-5-13(4,6-2)16-19(17,18)12-8-11(15)10(14)7-9(12)3/h7-8,16H,5-6,15H2,1-4H3. The molecule has 0 amide bonds. The Labute approximate surface area is 124 Å². The molecular weight excluding hydrogens is 328 g/mol. The van der Waals surface area contributed by atoms with Crippen LogP contribution in [0.1, 0.15) is 39.2 Å². The van der Waals surface area contributed by atoms with Gasteiger partial charge in [-0.3, -0.25) is 0 Å². The van der Waals surface area contributed by atoms with Crippen molar-refractivity contribution in [2.75, 3.05) is 5.73 Å². The summed E-state index contributed by atoms with van der Waals surface area (Å²) in [6.45, 7) is 7.60. The lowest BCUT2D eigenvalue weighted by molar-refractivity contribution is 0.388. The molecule has 0 atom stereocenters. The summed E-state index contributed by atoms with van der Waals surface area (Å²) >= 11 is 3.30. The number of nitrogens with two attached hydrogens (primary N) is 1. The predicted octanol–water partition coefficient (Wildman–Crippen LogP) is 3.20. The highest BCUT2D eigenvalue weighted by atomic mass is 79.9. The maximum atomic E-state index is 12.5. The second-order valence-corrected chi connectivity index (χ2v) is 7.52. The van der Waals surface area contributed by atoms with Crippen LogP contribution in [0, 0.1) is 6.92 Å². The number of rotatable bonds is 5. The molecule has 0 heterocycles. The Bertz CT molecular complexity index is 566. The van der Waals surface area contributed by atoms with Gasteiger partial charge in [0.25, 0.3) is 0 Å². The number of anilines is 1. The molecule has 0 aromatic heterocycles. The van der Waals surface area contributed by atoms with Crippen molar-refractivity contribution < 1.29 is 8.42 Å². The molecule has 0 spiro atoms. The van der Waals surface area contributed by atoms with E-state index in [0.717, 1.165) is 12.8 Å². The highest BCUT2D eigenvalue weighted by molar-refractivity contribution is 9.10. The highest BCUT2D eigenvalue weighted by Crippen LogP contribution is 2.28. The number of hydrogen-bond acceptors (Lipinski definition) is 3. The summed E-state index contributed by atoms with van der Waals surface area (Å²) in [7, 11) is -3.56. The first-order valence-corrected chi connectivity index (χ1v) is 8.52. The highest BCUT2D eigenvalue weighted by Gasteiger charge is 2.28. The monoisotopic (exact) mass is 348 g/mol. The van der Waals surface area contributed by atoms with E-state index in [1.54, 1.807) is 13.0 Å². The van der Waals surface area contributed by atoms with Crippen LogP contribution in [0.5, 0.6) is 0 Å². The summed E-state index contributed by atoms with van der Waals surface area (Å²) in [6, 6.07) is 3.21. The molecule has 0 fully saturated rings. The Kier molecular flexibility index (Phi) is 5.03. The first kappa shape index (κ1) is 16.5. The van der Waals surface area contributed by atoms with Crippen LogP contribution in [0.25, 0.3) is 0 Å². The normalized spacial score (nSPS) is 12.7. The second-order valence-electron chi connectivity index (χ2n) is 5.01. The van der Waals surface area contributed by atoms with Gasteiger partial charge in [-0.1, -0.05) is 13.8 Å². The molecule has 0 aliphatic carbocycles. The average Bonchev–Trinajstić information content (AvgIpc) is 2.33. The number of nitrogen functional groups attached to an aromatic ring is 1. The third-order valence-electron chi connectivity index (χ3n) is 3.53. The number of nitrogens with one attached hydrogen (secondary N) is 1. The molecule has 1 aromatic rings. The van der Waals surface area contributed by atoms with Crippen molar-refractivity contribution >= 4 is 31.6 Å². The first-order valence-electron chi connectivity index (χ1n) is 6.25. The summed E-state index contributed by atoms with van der Waals surface area (Å²) < 4.78 is 28.4. The zero-order valence-electron chi connectivity index (χ0n) is 11.7. The largest absolute Gasteiger partial charge is 0.398 e. The van der Waals surface area contributed by atoms with Crippen molar-refractivity contribution in [3.05, 3.63) is 22.2 Å². The lowest BCUT2D eigenvalue weighted by Gasteiger charge is -2.28. The fourth-order valence-electron chi connectivity index (χ4n) is 1.73. The molecule has 1 aromatic carbocycles. The molecule has 6 heteroatoms. The van der Waals surface area contributed by atoms with Gasteiger partial charge in [-0.15, -0.1) is 0 Å². The van der Waals surface area contributed by atoms with E-state index in [1.165, 1.54) is 6.07 Å². The van der Waals surface area contributed by atoms with Gasteiger partial charge in [0, 0.05) is 15.7 Å². The molecule has 1 rings (SSSR count). The van der Waals surface area contributed by atoms with Gasteiger partial charge in [0.2, 0.25) is 10.0 Å². The van der Waals surface area contributed by atoms with Crippen molar-refractivity contribution in [2.24, 2.45) is 0 Å². The van der Waals surface area contributed by atoms with Crippen LogP contribution < -0.4 is 10.5 Å². The minimum Gasteiger partial charge on any atom is -0.398 e. The van der Waals surface area contributed by atoms with E-state index < -0.39 is 15.6 Å². The van der Waals surface area contributed by atoms with Gasteiger partial charge in [0.1, 0.15) is 0 Å². The van der Waals surface area contributed by atoms with Crippen LogP contribution >= 0.6 is 15.9 Å². The van der Waals surface area contributed by atoms with Gasteiger partial charge in [0.05, 0.1) is 4.90 Å². The first-order chi connectivity index (χ1) is 8.65. The minimum absolute atomic E-state index is 0.237. The fourth-order valence-corrected chi connectivity index (χ4v) is 4.00. The van der Waals surface area contributed by atoms with E-state index in [9.17, 15) is 8.42 Å². The molecule has 0 aliphatic rings. The van der Waals surface area contributed by atoms with Crippen LogP contribution in [0.3, 0.4) is 0 Å². The van der Waals surface area contributed by atoms with Crippen molar-refractivity contribution in [2.45, 2.75) is 51.0 Å². The predicted molar refractivity (Wildman–Crippen MR) is 82.6 cm³/mol. The summed E-state index contributed by atoms with van der Waals surface area (Å²) in [5.41, 5.74) is 6.43. The topological polar surface area (TPSA) is 72.2 Å². The Balaban J connectivity index is 3.25. The molecule has 0 saturated heterocycles. The quantitative estimate of drug-likeness (QED) is 0.802. The lowest BCUT2D eigenvalue weighted by Crippen LogP contribution is -2.45. The average molecular weight is 349 g/mol. The number of benzene rings is 1. The SMILES string of the molecule is CCC(C)(CC)NS(=O)(=O)c1cc(N)c(Br)cc1C. The van der Waals surface area contributed by atoms with E-state index in [0.29, 0.717) is 15.7 Å². The minimum atomic E-state index is -3.56. The van der Waals surface area contributed by atoms with Crippen molar-refractivity contribution in [3.8, 4) is 0 Å². The summed E-state index contributed by atoms with van der Waals surface area (Å²) in [5, 5.41) is 0. The third-order valence-corrected chi connectivity index (χ3v) is 5.99. The van der Waals surface area contributed by atoms with Crippen LogP contribution in [0.2, 0.25) is 0 Å². The van der Waals surface area contributed by atoms with Crippen molar-refractivity contribution in [1.29, 1.82) is 0 Å². The number of sulfonamides is 1. The van der Waals surface area contributed by atoms with E-state index in [-0.39, 0.29) is 4.90 Å². The van der Waals surface area contributed by atoms with Crippen LogP contribution in [-0.4, -0.2) is 14.0 Å². The molecule has 108 valence electrons. The second kappa shape index (κ2) is 5.81. The Hall–Kier alpha value is -0.590. The molecule has 0 aliphatic heterocycles. The Morgan fingerprint density at radius 2 is 1.84 bits per heavy atom. The summed E-state index contributed by atoms with van der Waals surface area (Å²) in [6.07, 6.45) is 1.46. The maximum Gasteiger partial charge on any atom is 0.241 e. The number of halogens is 1. The van der Waals surface area contributed by atoms with E-state index in [2.05, 4.69) is 20.7 Å². The van der Waals surface area contributed by atoms with Gasteiger partial charge in [0.15, 0.2) is 0 Å². The molecule has 4 nitrogen and oxygen atoms in total. The third kappa shape index (κ3) is 3.70. The zero-order valence-corrected chi connectivity index (χ0v) is 14.2. The van der Waals surface area contributed by atoms with Crippen LogP contribution in [-0.2, 0) is 10.0 Å². The lowest BCUT2D eigenvalue weighted by atomic mass is 9.98. The number of aryl methyl sites for hydroxylation is 1. The van der Waals surface area contributed by atoms with Crippen molar-refractivity contribution in [3.63, 3.8) is 0 Å². The molecular formula is C13H21BrN2O2S. The fraction of sp³-hybridized carbons (Fsp3) is 0.538. The zero-order chi connectivity index (χ0) is 14.8. The van der Waals surface area contributed by atoms with E-state index in [1.807, 2.05) is 20.8 Å². The Morgan fingerprint density at radius 3 is 2.32 bits per heavy atom. The van der Waals surface area contributed by atoms with Gasteiger partial charge < -0.3 is 5.73 Å². The van der Waals surface area contributed by atoms with Gasteiger partial charge in [-0.05, 0) is 60.3 Å². The van der Waals surface area contributed by atoms with E-state index >= 15 is 0 Å². The summed E-state index contributed by atoms with van der Waals surface area (Å²) in [5.74, 6) is 0. The van der Waals surface area contributed by atoms with Crippen LogP contribution in [0.4, 0.5) is 5.69 Å². The molecule has 0 bridgehead atoms. The van der Waals surface area contributed by atoms with E-state index in [4.69, 9.17) is 5.73 Å². The smallest absolute Gasteiger partial charge is 0.241 e.